The van der Waals surface area contributed by atoms with Crippen molar-refractivity contribution in [1.29, 1.82) is 0 Å². The molecule has 5 nitrogen and oxygen atoms in total. The van der Waals surface area contributed by atoms with Crippen molar-refractivity contribution in [3.05, 3.63) is 29.3 Å². The van der Waals surface area contributed by atoms with E-state index in [0.717, 1.165) is 25.3 Å². The van der Waals surface area contributed by atoms with Crippen LogP contribution < -0.4 is 4.72 Å². The van der Waals surface area contributed by atoms with Crippen LogP contribution >= 0.6 is 0 Å². The maximum atomic E-state index is 14.0. The van der Waals surface area contributed by atoms with Gasteiger partial charge in [-0.2, -0.15) is 0 Å². The molecule has 1 aliphatic rings. The largest absolute Gasteiger partial charge is 0.477 e. The van der Waals surface area contributed by atoms with E-state index >= 15 is 0 Å². The zero-order chi connectivity index (χ0) is 15.8. The summed E-state index contributed by atoms with van der Waals surface area (Å²) in [6, 6.07) is 0.976. The molecule has 2 N–H and O–H groups in total. The lowest BCUT2D eigenvalue weighted by atomic mass is 9.81. The van der Waals surface area contributed by atoms with Crippen LogP contribution in [0.5, 0.6) is 0 Å². The molecule has 1 aliphatic carbocycles. The molecule has 1 fully saturated rings. The standard InChI is InChI=1S/C13H15F2NO4S/c1-7(8-3-2-4-8)16-21(19,20)10-6-5-9(14)11(12(10)15)13(17)18/h5-8,16H,2-4H2,1H3,(H,17,18). The summed E-state index contributed by atoms with van der Waals surface area (Å²) in [5.74, 6) is -4.57. The van der Waals surface area contributed by atoms with Crippen molar-refractivity contribution >= 4 is 16.0 Å². The Morgan fingerprint density at radius 3 is 2.48 bits per heavy atom. The SMILES string of the molecule is CC(NS(=O)(=O)c1ccc(F)c(C(=O)O)c1F)C1CCC1. The average Bonchev–Trinajstić information content (AvgIpc) is 2.23. The molecule has 0 heterocycles. The number of sulfonamides is 1. The molecule has 0 bridgehead atoms. The molecule has 1 aromatic rings. The second kappa shape index (κ2) is 5.69. The number of nitrogens with one attached hydrogen (secondary N) is 1. The lowest BCUT2D eigenvalue weighted by molar-refractivity contribution is 0.0685. The molecule has 21 heavy (non-hydrogen) atoms. The number of carboxylic acids is 1. The van der Waals surface area contributed by atoms with E-state index in [9.17, 15) is 22.0 Å². The van der Waals surface area contributed by atoms with Crippen LogP contribution in [-0.2, 0) is 10.0 Å². The first-order chi connectivity index (χ1) is 9.74. The molecule has 0 aliphatic heterocycles. The number of benzene rings is 1. The Bertz CT molecular complexity index is 671. The summed E-state index contributed by atoms with van der Waals surface area (Å²) in [5, 5.41) is 8.76. The number of hydrogen-bond donors (Lipinski definition) is 2. The number of carbonyl (C=O) groups is 1. The first-order valence-corrected chi connectivity index (χ1v) is 7.96. The summed E-state index contributed by atoms with van der Waals surface area (Å²) in [4.78, 5) is 9.96. The first-order valence-electron chi connectivity index (χ1n) is 6.47. The van der Waals surface area contributed by atoms with Crippen molar-refractivity contribution in [1.82, 2.24) is 4.72 Å². The van der Waals surface area contributed by atoms with Gasteiger partial charge in [-0.05, 0) is 37.8 Å². The van der Waals surface area contributed by atoms with Gasteiger partial charge < -0.3 is 5.11 Å². The van der Waals surface area contributed by atoms with E-state index < -0.39 is 38.1 Å². The normalized spacial score (nSPS) is 17.3. The molecule has 1 atom stereocenters. The summed E-state index contributed by atoms with van der Waals surface area (Å²) < 4.78 is 53.8. The highest BCUT2D eigenvalue weighted by Gasteiger charge is 2.31. The van der Waals surface area contributed by atoms with Crippen LogP contribution in [0, 0.1) is 17.6 Å². The van der Waals surface area contributed by atoms with Gasteiger partial charge in [-0.1, -0.05) is 6.42 Å². The van der Waals surface area contributed by atoms with Gasteiger partial charge in [0.2, 0.25) is 10.0 Å². The molecule has 116 valence electrons. The molecule has 1 unspecified atom stereocenters. The average molecular weight is 319 g/mol. The topological polar surface area (TPSA) is 83.5 Å². The third-order valence-corrected chi connectivity index (χ3v) is 5.33. The molecular formula is C13H15F2NO4S. The zero-order valence-electron chi connectivity index (χ0n) is 11.3. The summed E-state index contributed by atoms with van der Waals surface area (Å²) in [6.45, 7) is 1.67. The van der Waals surface area contributed by atoms with Gasteiger partial charge in [-0.25, -0.2) is 26.7 Å². The van der Waals surface area contributed by atoms with Gasteiger partial charge in [0.1, 0.15) is 16.3 Å². The number of halogens is 2. The fourth-order valence-corrected chi connectivity index (χ4v) is 3.68. The van der Waals surface area contributed by atoms with E-state index in [-0.39, 0.29) is 12.0 Å². The number of aromatic carboxylic acids is 1. The number of hydrogen-bond acceptors (Lipinski definition) is 3. The minimum atomic E-state index is -4.24. The predicted octanol–water partition coefficient (Wildman–Crippen LogP) is 2.13. The summed E-state index contributed by atoms with van der Waals surface area (Å²) in [5.41, 5.74) is -1.27. The van der Waals surface area contributed by atoms with Crippen LogP contribution in [0.25, 0.3) is 0 Å². The molecule has 0 amide bonds. The molecule has 2 rings (SSSR count). The summed E-state index contributed by atoms with van der Waals surface area (Å²) in [6.07, 6.45) is 2.79. The van der Waals surface area contributed by atoms with Gasteiger partial charge in [-0.15, -0.1) is 0 Å². The van der Waals surface area contributed by atoms with Gasteiger partial charge >= 0.3 is 5.97 Å². The van der Waals surface area contributed by atoms with Crippen LogP contribution in [0.15, 0.2) is 17.0 Å². The minimum absolute atomic E-state index is 0.183. The highest BCUT2D eigenvalue weighted by Crippen LogP contribution is 2.30. The van der Waals surface area contributed by atoms with Crippen molar-refractivity contribution in [2.24, 2.45) is 5.92 Å². The van der Waals surface area contributed by atoms with E-state index in [1.165, 1.54) is 0 Å². The van der Waals surface area contributed by atoms with Crippen LogP contribution in [0.2, 0.25) is 0 Å². The van der Waals surface area contributed by atoms with Crippen LogP contribution in [0.1, 0.15) is 36.5 Å². The number of carboxylic acid groups (broad SMARTS) is 1. The molecule has 8 heteroatoms. The first kappa shape index (κ1) is 15.8. The van der Waals surface area contributed by atoms with E-state index in [2.05, 4.69) is 4.72 Å². The van der Waals surface area contributed by atoms with Gasteiger partial charge in [0.15, 0.2) is 5.82 Å². The van der Waals surface area contributed by atoms with Crippen LogP contribution in [0.4, 0.5) is 8.78 Å². The molecule has 0 aromatic heterocycles. The molecule has 0 saturated heterocycles. The third-order valence-electron chi connectivity index (χ3n) is 3.76. The lowest BCUT2D eigenvalue weighted by Gasteiger charge is -2.31. The van der Waals surface area contributed by atoms with Crippen molar-refractivity contribution in [3.8, 4) is 0 Å². The Morgan fingerprint density at radius 1 is 1.38 bits per heavy atom. The minimum Gasteiger partial charge on any atom is -0.477 e. The Hall–Kier alpha value is -1.54. The molecule has 0 radical (unpaired) electrons. The zero-order valence-corrected chi connectivity index (χ0v) is 12.1. The maximum absolute atomic E-state index is 14.0. The molecular weight excluding hydrogens is 304 g/mol. The van der Waals surface area contributed by atoms with E-state index in [1.807, 2.05) is 0 Å². The Kier molecular flexibility index (Phi) is 4.29. The molecule has 1 saturated carbocycles. The van der Waals surface area contributed by atoms with E-state index in [1.54, 1.807) is 6.92 Å². The second-order valence-corrected chi connectivity index (χ2v) is 6.82. The Morgan fingerprint density at radius 2 is 2.00 bits per heavy atom. The highest BCUT2D eigenvalue weighted by atomic mass is 32.2. The van der Waals surface area contributed by atoms with E-state index in [4.69, 9.17) is 5.11 Å². The monoisotopic (exact) mass is 319 g/mol. The van der Waals surface area contributed by atoms with Gasteiger partial charge in [0, 0.05) is 6.04 Å². The lowest BCUT2D eigenvalue weighted by Crippen LogP contribution is -2.41. The smallest absolute Gasteiger partial charge is 0.341 e. The molecule has 0 spiro atoms. The van der Waals surface area contributed by atoms with Crippen LogP contribution in [0.3, 0.4) is 0 Å². The van der Waals surface area contributed by atoms with Crippen molar-refractivity contribution in [2.75, 3.05) is 0 Å². The molecule has 1 aromatic carbocycles. The van der Waals surface area contributed by atoms with Crippen molar-refractivity contribution in [2.45, 2.75) is 37.1 Å². The number of rotatable bonds is 5. The Balaban J connectivity index is 2.36. The fraction of sp³-hybridized carbons (Fsp3) is 0.462. The summed E-state index contributed by atoms with van der Waals surface area (Å²) in [7, 11) is -4.24. The Labute approximate surface area is 121 Å². The van der Waals surface area contributed by atoms with E-state index in [0.29, 0.717) is 6.07 Å². The second-order valence-electron chi connectivity index (χ2n) is 5.14. The van der Waals surface area contributed by atoms with Crippen molar-refractivity contribution in [3.63, 3.8) is 0 Å². The highest BCUT2D eigenvalue weighted by molar-refractivity contribution is 7.89. The third kappa shape index (κ3) is 3.06. The quantitative estimate of drug-likeness (QED) is 0.871. The van der Waals surface area contributed by atoms with Gasteiger partial charge in [-0.3, -0.25) is 0 Å². The fourth-order valence-electron chi connectivity index (χ4n) is 2.28. The van der Waals surface area contributed by atoms with Crippen LogP contribution in [-0.4, -0.2) is 25.5 Å². The maximum Gasteiger partial charge on any atom is 0.341 e. The van der Waals surface area contributed by atoms with Gasteiger partial charge in [0.05, 0.1) is 0 Å². The van der Waals surface area contributed by atoms with Gasteiger partial charge in [0.25, 0.3) is 0 Å². The predicted molar refractivity (Wildman–Crippen MR) is 70.4 cm³/mol. The summed E-state index contributed by atoms with van der Waals surface area (Å²) >= 11 is 0. The van der Waals surface area contributed by atoms with Crippen molar-refractivity contribution < 1.29 is 27.1 Å².